The fourth-order valence-corrected chi connectivity index (χ4v) is 2.41. The van der Waals surface area contributed by atoms with Crippen molar-refractivity contribution in [3.8, 4) is 5.95 Å². The van der Waals surface area contributed by atoms with Crippen molar-refractivity contribution in [3.63, 3.8) is 0 Å². The summed E-state index contributed by atoms with van der Waals surface area (Å²) >= 11 is 6.32. The van der Waals surface area contributed by atoms with Crippen molar-refractivity contribution in [2.45, 2.75) is 45.8 Å². The van der Waals surface area contributed by atoms with Gasteiger partial charge < -0.3 is 9.31 Å². The summed E-state index contributed by atoms with van der Waals surface area (Å²) in [5.74, 6) is 1.26. The third-order valence-corrected chi connectivity index (χ3v) is 4.61. The number of hydrogen-bond acceptors (Lipinski definition) is 5. The zero-order valence-corrected chi connectivity index (χ0v) is 14.0. The van der Waals surface area contributed by atoms with Crippen LogP contribution in [0.15, 0.2) is 18.6 Å². The molecule has 0 unspecified atom stereocenters. The first-order valence-electron chi connectivity index (χ1n) is 7.10. The maximum atomic E-state index is 6.32. The van der Waals surface area contributed by atoms with Crippen LogP contribution in [0.1, 0.15) is 33.5 Å². The minimum atomic E-state index is -0.574. The Kier molecular flexibility index (Phi) is 3.54. The molecule has 1 aliphatic rings. The van der Waals surface area contributed by atoms with E-state index in [-0.39, 0.29) is 0 Å². The molecule has 22 heavy (non-hydrogen) atoms. The van der Waals surface area contributed by atoms with Crippen molar-refractivity contribution in [3.05, 3.63) is 29.6 Å². The van der Waals surface area contributed by atoms with Gasteiger partial charge in [0.2, 0.25) is 5.95 Å². The van der Waals surface area contributed by atoms with Crippen molar-refractivity contribution < 1.29 is 9.31 Å². The van der Waals surface area contributed by atoms with Gasteiger partial charge in [0, 0.05) is 24.1 Å². The number of imidazole rings is 1. The fourth-order valence-electron chi connectivity index (χ4n) is 2.20. The van der Waals surface area contributed by atoms with E-state index in [1.807, 2.05) is 34.6 Å². The average molecular weight is 321 g/mol. The van der Waals surface area contributed by atoms with Gasteiger partial charge in [-0.2, -0.15) is 0 Å². The van der Waals surface area contributed by atoms with Crippen LogP contribution in [-0.4, -0.2) is 37.8 Å². The molecule has 0 amide bonds. The third-order valence-electron chi connectivity index (χ3n) is 4.30. The van der Waals surface area contributed by atoms with Crippen LogP contribution in [0, 0.1) is 6.92 Å². The summed E-state index contributed by atoms with van der Waals surface area (Å²) in [6.07, 6.45) is 5.12. The highest BCUT2D eigenvalue weighted by Crippen LogP contribution is 2.36. The third kappa shape index (κ3) is 2.43. The summed E-state index contributed by atoms with van der Waals surface area (Å²) < 4.78 is 13.7. The SMILES string of the molecule is Cc1nccn1-c1ncc(B2OC(C)(C)C(C)(C)O2)c(Cl)n1. The molecule has 3 rings (SSSR count). The van der Waals surface area contributed by atoms with Crippen LogP contribution in [0.4, 0.5) is 0 Å². The van der Waals surface area contributed by atoms with Crippen LogP contribution in [0.2, 0.25) is 5.15 Å². The number of aromatic nitrogens is 4. The lowest BCUT2D eigenvalue weighted by molar-refractivity contribution is 0.00578. The van der Waals surface area contributed by atoms with Gasteiger partial charge in [-0.1, -0.05) is 11.6 Å². The molecule has 0 spiro atoms. The quantitative estimate of drug-likeness (QED) is 0.625. The Morgan fingerprint density at radius 2 is 1.77 bits per heavy atom. The van der Waals surface area contributed by atoms with Crippen LogP contribution in [0.3, 0.4) is 0 Å². The summed E-state index contributed by atoms with van der Waals surface area (Å²) in [5.41, 5.74) is -0.233. The molecule has 6 nitrogen and oxygen atoms in total. The number of rotatable bonds is 2. The maximum absolute atomic E-state index is 6.32. The highest BCUT2D eigenvalue weighted by molar-refractivity contribution is 6.65. The Hall–Kier alpha value is -1.44. The monoisotopic (exact) mass is 320 g/mol. The maximum Gasteiger partial charge on any atom is 0.499 e. The zero-order valence-electron chi connectivity index (χ0n) is 13.3. The van der Waals surface area contributed by atoms with E-state index in [0.717, 1.165) is 5.82 Å². The Bertz CT molecular complexity index is 701. The summed E-state index contributed by atoms with van der Waals surface area (Å²) in [5, 5.41) is 0.316. The predicted octanol–water partition coefficient (Wildman–Crippen LogP) is 1.92. The van der Waals surface area contributed by atoms with Crippen LogP contribution in [0.5, 0.6) is 0 Å². The summed E-state index contributed by atoms with van der Waals surface area (Å²) in [6.45, 7) is 9.84. The van der Waals surface area contributed by atoms with Crippen LogP contribution >= 0.6 is 11.6 Å². The van der Waals surface area contributed by atoms with E-state index >= 15 is 0 Å². The molecular formula is C14H18BClN4O2. The van der Waals surface area contributed by atoms with Crippen molar-refractivity contribution in [2.24, 2.45) is 0 Å². The fraction of sp³-hybridized carbons (Fsp3) is 0.500. The largest absolute Gasteiger partial charge is 0.499 e. The van der Waals surface area contributed by atoms with Crippen molar-refractivity contribution in [2.75, 3.05) is 0 Å². The molecule has 3 heterocycles. The molecule has 1 fully saturated rings. The lowest BCUT2D eigenvalue weighted by Crippen LogP contribution is -2.41. The van der Waals surface area contributed by atoms with Gasteiger partial charge in [0.25, 0.3) is 0 Å². The van der Waals surface area contributed by atoms with Crippen molar-refractivity contribution in [1.82, 2.24) is 19.5 Å². The normalized spacial score (nSPS) is 19.6. The standard InChI is InChI=1S/C14H18BClN4O2/c1-9-17-6-7-20(9)12-18-8-10(11(16)19-12)15-21-13(2,3)14(4,5)22-15/h6-8H,1-5H3. The van der Waals surface area contributed by atoms with E-state index in [1.54, 1.807) is 23.2 Å². The van der Waals surface area contributed by atoms with E-state index in [1.165, 1.54) is 0 Å². The van der Waals surface area contributed by atoms with Gasteiger partial charge in [0.05, 0.1) is 11.2 Å². The van der Waals surface area contributed by atoms with E-state index in [2.05, 4.69) is 15.0 Å². The Labute approximate surface area is 135 Å². The van der Waals surface area contributed by atoms with E-state index in [0.29, 0.717) is 16.6 Å². The van der Waals surface area contributed by atoms with Crippen LogP contribution in [-0.2, 0) is 9.31 Å². The van der Waals surface area contributed by atoms with E-state index < -0.39 is 18.3 Å². The highest BCUT2D eigenvalue weighted by Gasteiger charge is 2.52. The second-order valence-electron chi connectivity index (χ2n) is 6.35. The average Bonchev–Trinajstić information content (AvgIpc) is 2.91. The lowest BCUT2D eigenvalue weighted by Gasteiger charge is -2.32. The molecule has 0 aromatic carbocycles. The first-order chi connectivity index (χ1) is 10.2. The Morgan fingerprint density at radius 3 is 2.27 bits per heavy atom. The van der Waals surface area contributed by atoms with Gasteiger partial charge in [-0.15, -0.1) is 0 Å². The molecular weight excluding hydrogens is 302 g/mol. The topological polar surface area (TPSA) is 62.1 Å². The molecule has 0 aliphatic carbocycles. The lowest BCUT2D eigenvalue weighted by atomic mass is 9.81. The van der Waals surface area contributed by atoms with Crippen LogP contribution in [0.25, 0.3) is 5.95 Å². The molecule has 8 heteroatoms. The second-order valence-corrected chi connectivity index (χ2v) is 6.71. The van der Waals surface area contributed by atoms with Crippen molar-refractivity contribution >= 4 is 24.2 Å². The number of halogens is 1. The molecule has 1 aliphatic heterocycles. The first-order valence-corrected chi connectivity index (χ1v) is 7.47. The minimum Gasteiger partial charge on any atom is -0.399 e. The molecule has 0 N–H and O–H groups in total. The Morgan fingerprint density at radius 1 is 1.14 bits per heavy atom. The predicted molar refractivity (Wildman–Crippen MR) is 84.6 cm³/mol. The number of hydrogen-bond donors (Lipinski definition) is 0. The number of aryl methyl sites for hydroxylation is 1. The van der Waals surface area contributed by atoms with Crippen LogP contribution < -0.4 is 5.46 Å². The summed E-state index contributed by atoms with van der Waals surface area (Å²) in [4.78, 5) is 12.8. The zero-order chi connectivity index (χ0) is 16.1. The van der Waals surface area contributed by atoms with E-state index in [9.17, 15) is 0 Å². The van der Waals surface area contributed by atoms with Gasteiger partial charge >= 0.3 is 7.12 Å². The molecule has 0 radical (unpaired) electrons. The molecule has 2 aromatic heterocycles. The molecule has 0 bridgehead atoms. The summed E-state index contributed by atoms with van der Waals surface area (Å²) in [6, 6.07) is 0. The van der Waals surface area contributed by atoms with Gasteiger partial charge in [0.15, 0.2) is 0 Å². The van der Waals surface area contributed by atoms with E-state index in [4.69, 9.17) is 20.9 Å². The number of nitrogens with zero attached hydrogens (tertiary/aromatic N) is 4. The summed E-state index contributed by atoms with van der Waals surface area (Å²) in [7, 11) is -0.574. The van der Waals surface area contributed by atoms with Gasteiger partial charge in [-0.3, -0.25) is 4.57 Å². The molecule has 0 saturated carbocycles. The minimum absolute atomic E-state index is 0.316. The molecule has 1 saturated heterocycles. The van der Waals surface area contributed by atoms with Gasteiger partial charge in [-0.25, -0.2) is 15.0 Å². The van der Waals surface area contributed by atoms with Crippen molar-refractivity contribution in [1.29, 1.82) is 0 Å². The van der Waals surface area contributed by atoms with Gasteiger partial charge in [0.1, 0.15) is 11.0 Å². The second kappa shape index (κ2) is 5.04. The molecule has 116 valence electrons. The molecule has 0 atom stereocenters. The van der Waals surface area contributed by atoms with Gasteiger partial charge in [-0.05, 0) is 34.6 Å². The Balaban J connectivity index is 1.93. The highest BCUT2D eigenvalue weighted by atomic mass is 35.5. The molecule has 2 aromatic rings. The first kappa shape index (κ1) is 15.5. The smallest absolute Gasteiger partial charge is 0.399 e.